The van der Waals surface area contributed by atoms with Crippen LogP contribution in [0.5, 0.6) is 0 Å². The average molecular weight is 776 g/mol. The van der Waals surface area contributed by atoms with Crippen molar-refractivity contribution in [3.63, 3.8) is 0 Å². The second-order valence-corrected chi connectivity index (χ2v) is 17.0. The van der Waals surface area contributed by atoms with E-state index >= 15 is 0 Å². The molecule has 288 valence electrons. The zero-order valence-corrected chi connectivity index (χ0v) is 31.8. The van der Waals surface area contributed by atoms with Gasteiger partial charge in [-0.1, -0.05) is 11.6 Å². The van der Waals surface area contributed by atoms with Crippen molar-refractivity contribution in [2.45, 2.75) is 69.8 Å². The molecule has 56 heavy (non-hydrogen) atoms. The van der Waals surface area contributed by atoms with Crippen molar-refractivity contribution >= 4 is 52.5 Å². The summed E-state index contributed by atoms with van der Waals surface area (Å²) in [4.78, 5) is 73.5. The average Bonchev–Trinajstić information content (AvgIpc) is 3.79. The number of halogens is 1. The van der Waals surface area contributed by atoms with Crippen LogP contribution in [-0.4, -0.2) is 106 Å². The van der Waals surface area contributed by atoms with E-state index in [-0.39, 0.29) is 48.4 Å². The van der Waals surface area contributed by atoms with Crippen molar-refractivity contribution in [1.29, 1.82) is 5.26 Å². The molecule has 0 saturated carbocycles. The SMILES string of the molecule is C[C@H]1CC2(CCN(c3ccc(C(=O)N4CC(O)(CN5Cc6cc7c(cc6C5)C(=O)N(C5CCC(=O)NC5=O)C7=O)C4)cc3)CC2)CN1c1ccc(C#N)c(Cl)c1. The van der Waals surface area contributed by atoms with E-state index in [4.69, 9.17) is 11.6 Å². The molecular weight excluding hydrogens is 734 g/mol. The Hall–Kier alpha value is -5.29. The lowest BCUT2D eigenvalue weighted by Crippen LogP contribution is -2.67. The number of imide groups is 2. The van der Waals surface area contributed by atoms with E-state index in [1.54, 1.807) is 23.1 Å². The first kappa shape index (κ1) is 36.4. The van der Waals surface area contributed by atoms with Gasteiger partial charge in [-0.3, -0.25) is 39.1 Å². The highest BCUT2D eigenvalue weighted by molar-refractivity contribution is 6.32. The van der Waals surface area contributed by atoms with Gasteiger partial charge in [-0.15, -0.1) is 0 Å². The van der Waals surface area contributed by atoms with Crippen molar-refractivity contribution in [2.24, 2.45) is 5.41 Å². The van der Waals surface area contributed by atoms with E-state index in [1.165, 1.54) is 0 Å². The number of hydrogen-bond acceptors (Lipinski definition) is 10. The number of carbonyl (C=O) groups is 5. The Labute approximate surface area is 329 Å². The van der Waals surface area contributed by atoms with Crippen LogP contribution in [0.1, 0.15) is 86.8 Å². The Morgan fingerprint density at radius 2 is 1.57 bits per heavy atom. The molecule has 0 bridgehead atoms. The molecule has 9 rings (SSSR count). The maximum atomic E-state index is 13.4. The second kappa shape index (κ2) is 13.4. The van der Waals surface area contributed by atoms with Crippen LogP contribution in [0.2, 0.25) is 5.02 Å². The van der Waals surface area contributed by atoms with Crippen molar-refractivity contribution in [1.82, 2.24) is 20.0 Å². The van der Waals surface area contributed by atoms with E-state index in [0.717, 1.165) is 66.3 Å². The fourth-order valence-corrected chi connectivity index (χ4v) is 10.1. The zero-order chi connectivity index (χ0) is 39.1. The second-order valence-electron chi connectivity index (χ2n) is 16.6. The smallest absolute Gasteiger partial charge is 0.262 e. The van der Waals surface area contributed by atoms with Crippen LogP contribution >= 0.6 is 11.6 Å². The van der Waals surface area contributed by atoms with Crippen LogP contribution in [0.4, 0.5) is 11.4 Å². The highest BCUT2D eigenvalue weighted by atomic mass is 35.5. The van der Waals surface area contributed by atoms with E-state index in [1.807, 2.05) is 36.4 Å². The standard InChI is InChI=1S/C42H42ClN7O6/c1-25-17-41(21-49(25)31-7-4-27(18-44)34(43)16-31)10-12-47(13-11-41)30-5-2-26(3-6-30)38(53)48-23-42(56,24-48)22-46-19-28-14-32-33(15-29(28)20-46)40(55)50(39(32)54)35-8-9-36(51)45-37(35)52/h2-7,14-16,25,35,56H,8-13,17,19-24H2,1H3,(H,45,51,52)/t25-,35?/m0/s1. The molecule has 0 aromatic heterocycles. The first-order valence-corrected chi connectivity index (χ1v) is 19.6. The maximum absolute atomic E-state index is 13.4. The molecule has 4 fully saturated rings. The highest BCUT2D eigenvalue weighted by Crippen LogP contribution is 2.46. The fourth-order valence-electron chi connectivity index (χ4n) is 9.91. The number of aliphatic hydroxyl groups is 1. The molecule has 2 atom stereocenters. The molecule has 4 saturated heterocycles. The largest absolute Gasteiger partial charge is 0.385 e. The molecule has 5 amide bonds. The van der Waals surface area contributed by atoms with E-state index < -0.39 is 35.3 Å². The number of nitriles is 1. The summed E-state index contributed by atoms with van der Waals surface area (Å²) in [7, 11) is 0. The van der Waals surface area contributed by atoms with Gasteiger partial charge < -0.3 is 19.8 Å². The highest BCUT2D eigenvalue weighted by Gasteiger charge is 2.48. The number of amides is 5. The van der Waals surface area contributed by atoms with Crippen LogP contribution in [0.3, 0.4) is 0 Å². The molecule has 0 aliphatic carbocycles. The van der Waals surface area contributed by atoms with Gasteiger partial charge in [0.1, 0.15) is 17.7 Å². The lowest BCUT2D eigenvalue weighted by atomic mass is 9.76. The number of piperidine rings is 2. The van der Waals surface area contributed by atoms with Gasteiger partial charge in [0.2, 0.25) is 11.8 Å². The van der Waals surface area contributed by atoms with Crippen LogP contribution in [0.25, 0.3) is 0 Å². The molecule has 2 N–H and O–H groups in total. The van der Waals surface area contributed by atoms with Crippen LogP contribution in [0, 0.1) is 16.7 Å². The molecular formula is C42H42ClN7O6. The number of likely N-dealkylation sites (tertiary alicyclic amines) is 1. The van der Waals surface area contributed by atoms with Gasteiger partial charge in [-0.2, -0.15) is 5.26 Å². The molecule has 3 aromatic rings. The van der Waals surface area contributed by atoms with Crippen LogP contribution < -0.4 is 15.1 Å². The van der Waals surface area contributed by atoms with Gasteiger partial charge >= 0.3 is 0 Å². The summed E-state index contributed by atoms with van der Waals surface area (Å²) in [6, 6.07) is 18.4. The van der Waals surface area contributed by atoms with Gasteiger partial charge in [0.05, 0.1) is 34.8 Å². The van der Waals surface area contributed by atoms with Crippen LogP contribution in [-0.2, 0) is 22.7 Å². The molecule has 13 nitrogen and oxygen atoms in total. The van der Waals surface area contributed by atoms with E-state index in [2.05, 4.69) is 33.0 Å². The molecule has 1 spiro atoms. The Kier molecular flexibility index (Phi) is 8.72. The predicted molar refractivity (Wildman–Crippen MR) is 206 cm³/mol. The zero-order valence-electron chi connectivity index (χ0n) is 31.1. The van der Waals surface area contributed by atoms with Gasteiger partial charge in [-0.25, -0.2) is 0 Å². The van der Waals surface area contributed by atoms with Gasteiger partial charge in [0.15, 0.2) is 0 Å². The third-order valence-corrected chi connectivity index (χ3v) is 13.1. The summed E-state index contributed by atoms with van der Waals surface area (Å²) < 4.78 is 0. The summed E-state index contributed by atoms with van der Waals surface area (Å²) in [5, 5.41) is 23.4. The monoisotopic (exact) mass is 775 g/mol. The van der Waals surface area contributed by atoms with Gasteiger partial charge in [-0.05, 0) is 104 Å². The summed E-state index contributed by atoms with van der Waals surface area (Å²) in [6.45, 7) is 6.75. The fraction of sp³-hybridized carbons (Fsp3) is 0.429. The number of anilines is 2. The molecule has 6 heterocycles. The number of nitrogens with one attached hydrogen (secondary N) is 1. The van der Waals surface area contributed by atoms with Gasteiger partial charge in [0, 0.05) is 68.7 Å². The van der Waals surface area contributed by atoms with E-state index in [0.29, 0.717) is 41.8 Å². The Bertz CT molecular complexity index is 2200. The summed E-state index contributed by atoms with van der Waals surface area (Å²) in [5.74, 6) is -2.26. The number of rotatable bonds is 6. The third kappa shape index (κ3) is 6.20. The molecule has 3 aromatic carbocycles. The van der Waals surface area contributed by atoms with Crippen molar-refractivity contribution in [2.75, 3.05) is 49.1 Å². The minimum Gasteiger partial charge on any atom is -0.385 e. The number of nitrogens with zero attached hydrogens (tertiary/aromatic N) is 6. The summed E-state index contributed by atoms with van der Waals surface area (Å²) in [6.07, 6.45) is 3.40. The Morgan fingerprint density at radius 1 is 0.929 bits per heavy atom. The topological polar surface area (TPSA) is 158 Å². The Morgan fingerprint density at radius 3 is 2.18 bits per heavy atom. The van der Waals surface area contributed by atoms with Gasteiger partial charge in [0.25, 0.3) is 17.7 Å². The molecule has 6 aliphatic rings. The first-order valence-electron chi connectivity index (χ1n) is 19.3. The van der Waals surface area contributed by atoms with Crippen molar-refractivity contribution in [3.8, 4) is 6.07 Å². The van der Waals surface area contributed by atoms with Crippen molar-refractivity contribution < 1.29 is 29.1 Å². The third-order valence-electron chi connectivity index (χ3n) is 12.8. The van der Waals surface area contributed by atoms with Crippen molar-refractivity contribution in [3.05, 3.63) is 93.0 Å². The number of hydrogen-bond donors (Lipinski definition) is 2. The Balaban J connectivity index is 0.765. The van der Waals surface area contributed by atoms with Crippen LogP contribution in [0.15, 0.2) is 54.6 Å². The number of β-amino-alcohol motifs (C(OH)–C–C–N with tert-alkyl or cyclic N) is 1. The summed E-state index contributed by atoms with van der Waals surface area (Å²) in [5.41, 5.74) is 4.60. The predicted octanol–water partition coefficient (Wildman–Crippen LogP) is 3.70. The molecule has 1 unspecified atom stereocenters. The molecule has 14 heteroatoms. The number of carbonyl (C=O) groups excluding carboxylic acids is 5. The minimum absolute atomic E-state index is 0.0633. The molecule has 6 aliphatic heterocycles. The number of fused-ring (bicyclic) bond motifs is 2. The summed E-state index contributed by atoms with van der Waals surface area (Å²) >= 11 is 6.36. The normalized spacial score (nSPS) is 24.0. The lowest BCUT2D eigenvalue weighted by molar-refractivity contribution is -0.136. The van der Waals surface area contributed by atoms with E-state index in [9.17, 15) is 34.3 Å². The number of benzene rings is 3. The quantitative estimate of drug-likeness (QED) is 0.354. The maximum Gasteiger partial charge on any atom is 0.262 e. The molecule has 0 radical (unpaired) electrons. The minimum atomic E-state index is -1.09. The first-order chi connectivity index (χ1) is 26.8. The lowest BCUT2D eigenvalue weighted by Gasteiger charge is -2.48.